The van der Waals surface area contributed by atoms with Crippen molar-refractivity contribution in [2.24, 2.45) is 0 Å². The molecule has 0 amide bonds. The van der Waals surface area contributed by atoms with Gasteiger partial charge in [0.05, 0.1) is 6.61 Å². The Bertz CT molecular complexity index is 127. The van der Waals surface area contributed by atoms with Gasteiger partial charge in [-0.3, -0.25) is 0 Å². The molecule has 2 N–H and O–H groups in total. The van der Waals surface area contributed by atoms with Crippen molar-refractivity contribution in [1.29, 1.82) is 0 Å². The third-order valence-electron chi connectivity index (χ3n) is 1.85. The number of methoxy groups -OCH3 is 1. The Labute approximate surface area is 59.4 Å². The van der Waals surface area contributed by atoms with Crippen molar-refractivity contribution >= 4 is 0 Å². The Morgan fingerprint density at radius 1 is 1.60 bits per heavy atom. The molecule has 1 heterocycles. The first kappa shape index (κ1) is 7.94. The van der Waals surface area contributed by atoms with Crippen LogP contribution in [0.15, 0.2) is 0 Å². The zero-order valence-electron chi connectivity index (χ0n) is 6.07. The first-order valence-corrected chi connectivity index (χ1v) is 3.15. The Balaban J connectivity index is 2.64. The highest BCUT2D eigenvalue weighted by atomic mass is 16.7. The Morgan fingerprint density at radius 3 is 2.40 bits per heavy atom. The summed E-state index contributed by atoms with van der Waals surface area (Å²) in [6, 6.07) is 0. The molecule has 0 aromatic rings. The summed E-state index contributed by atoms with van der Waals surface area (Å²) >= 11 is 0. The SMILES string of the molecule is COC1(C)OC[C@@H](O)[C@@H]1O. The topological polar surface area (TPSA) is 58.9 Å². The van der Waals surface area contributed by atoms with Crippen LogP contribution in [-0.4, -0.2) is 41.9 Å². The van der Waals surface area contributed by atoms with E-state index in [0.717, 1.165) is 0 Å². The highest BCUT2D eigenvalue weighted by Gasteiger charge is 2.45. The molecule has 4 nitrogen and oxygen atoms in total. The first-order chi connectivity index (χ1) is 4.60. The second-order valence-corrected chi connectivity index (χ2v) is 2.54. The molecule has 0 bridgehead atoms. The van der Waals surface area contributed by atoms with E-state index in [9.17, 15) is 5.11 Å². The summed E-state index contributed by atoms with van der Waals surface area (Å²) in [5.74, 6) is -1.03. The average molecular weight is 148 g/mol. The standard InChI is InChI=1S/C6H12O4/c1-6(9-2)5(8)4(7)3-10-6/h4-5,7-8H,3H2,1-2H3/t4-,5+,6?/m1/s1. The maximum absolute atomic E-state index is 9.22. The summed E-state index contributed by atoms with van der Waals surface area (Å²) < 4.78 is 9.84. The Morgan fingerprint density at radius 2 is 2.20 bits per heavy atom. The predicted molar refractivity (Wildman–Crippen MR) is 33.4 cm³/mol. The lowest BCUT2D eigenvalue weighted by molar-refractivity contribution is -0.220. The van der Waals surface area contributed by atoms with Crippen LogP contribution in [-0.2, 0) is 9.47 Å². The fourth-order valence-electron chi connectivity index (χ4n) is 0.957. The van der Waals surface area contributed by atoms with E-state index in [1.165, 1.54) is 7.11 Å². The van der Waals surface area contributed by atoms with Crippen molar-refractivity contribution < 1.29 is 19.7 Å². The minimum atomic E-state index is -1.03. The molecule has 1 aliphatic rings. The maximum atomic E-state index is 9.22. The van der Waals surface area contributed by atoms with E-state index in [4.69, 9.17) is 14.6 Å². The summed E-state index contributed by atoms with van der Waals surface area (Å²) in [6.07, 6.45) is -1.78. The molecule has 1 fully saturated rings. The van der Waals surface area contributed by atoms with Gasteiger partial charge in [0.2, 0.25) is 0 Å². The third-order valence-corrected chi connectivity index (χ3v) is 1.85. The zero-order valence-corrected chi connectivity index (χ0v) is 6.07. The van der Waals surface area contributed by atoms with Crippen LogP contribution in [0.4, 0.5) is 0 Å². The van der Waals surface area contributed by atoms with Gasteiger partial charge >= 0.3 is 0 Å². The van der Waals surface area contributed by atoms with E-state index in [2.05, 4.69) is 0 Å². The van der Waals surface area contributed by atoms with Crippen molar-refractivity contribution in [1.82, 2.24) is 0 Å². The number of aliphatic hydroxyl groups is 2. The van der Waals surface area contributed by atoms with Gasteiger partial charge in [0.25, 0.3) is 0 Å². The van der Waals surface area contributed by atoms with E-state index >= 15 is 0 Å². The van der Waals surface area contributed by atoms with Crippen LogP contribution in [0, 0.1) is 0 Å². The van der Waals surface area contributed by atoms with Crippen LogP contribution in [0.3, 0.4) is 0 Å². The summed E-state index contributed by atoms with van der Waals surface area (Å²) in [7, 11) is 1.43. The van der Waals surface area contributed by atoms with Crippen LogP contribution in [0.2, 0.25) is 0 Å². The number of hydrogen-bond acceptors (Lipinski definition) is 4. The first-order valence-electron chi connectivity index (χ1n) is 3.15. The monoisotopic (exact) mass is 148 g/mol. The van der Waals surface area contributed by atoms with Crippen LogP contribution in [0.5, 0.6) is 0 Å². The van der Waals surface area contributed by atoms with Crippen molar-refractivity contribution in [3.63, 3.8) is 0 Å². The molecule has 10 heavy (non-hydrogen) atoms. The fraction of sp³-hybridized carbons (Fsp3) is 1.00. The van der Waals surface area contributed by atoms with E-state index in [-0.39, 0.29) is 6.61 Å². The smallest absolute Gasteiger partial charge is 0.194 e. The Hall–Kier alpha value is -0.160. The van der Waals surface area contributed by atoms with Crippen molar-refractivity contribution in [2.45, 2.75) is 24.9 Å². The molecule has 0 aliphatic carbocycles. The highest BCUT2D eigenvalue weighted by molar-refractivity contribution is 4.86. The average Bonchev–Trinajstić information content (AvgIpc) is 2.19. The minimum Gasteiger partial charge on any atom is -0.388 e. The van der Waals surface area contributed by atoms with Gasteiger partial charge in [-0.05, 0) is 6.92 Å². The molecule has 0 aromatic carbocycles. The van der Waals surface area contributed by atoms with E-state index < -0.39 is 18.0 Å². The van der Waals surface area contributed by atoms with Crippen molar-refractivity contribution in [3.8, 4) is 0 Å². The van der Waals surface area contributed by atoms with Gasteiger partial charge in [-0.15, -0.1) is 0 Å². The summed E-state index contributed by atoms with van der Waals surface area (Å²) in [6.45, 7) is 1.72. The maximum Gasteiger partial charge on any atom is 0.194 e. The van der Waals surface area contributed by atoms with Crippen molar-refractivity contribution in [3.05, 3.63) is 0 Å². The lowest BCUT2D eigenvalue weighted by atomic mass is 10.1. The molecule has 1 rings (SSSR count). The molecule has 60 valence electrons. The Kier molecular flexibility index (Phi) is 1.96. The van der Waals surface area contributed by atoms with Crippen LogP contribution in [0.25, 0.3) is 0 Å². The number of rotatable bonds is 1. The quantitative estimate of drug-likeness (QED) is 0.506. The lowest BCUT2D eigenvalue weighted by Crippen LogP contribution is -2.41. The number of aliphatic hydroxyl groups excluding tert-OH is 2. The van der Waals surface area contributed by atoms with E-state index in [1.54, 1.807) is 6.92 Å². The second kappa shape index (κ2) is 2.47. The van der Waals surface area contributed by atoms with Gasteiger partial charge in [0, 0.05) is 7.11 Å². The normalized spacial score (nSPS) is 48.0. The number of hydrogen-bond donors (Lipinski definition) is 2. The predicted octanol–water partition coefficient (Wildman–Crippen LogP) is -0.899. The van der Waals surface area contributed by atoms with Gasteiger partial charge in [0.15, 0.2) is 5.79 Å². The zero-order chi connectivity index (χ0) is 7.78. The van der Waals surface area contributed by atoms with Gasteiger partial charge in [-0.25, -0.2) is 0 Å². The van der Waals surface area contributed by atoms with Crippen LogP contribution < -0.4 is 0 Å². The summed E-state index contributed by atoms with van der Waals surface area (Å²) in [4.78, 5) is 0. The molecule has 1 unspecified atom stereocenters. The van der Waals surface area contributed by atoms with Crippen molar-refractivity contribution in [2.75, 3.05) is 13.7 Å². The lowest BCUT2D eigenvalue weighted by Gasteiger charge is -2.25. The van der Waals surface area contributed by atoms with Crippen LogP contribution >= 0.6 is 0 Å². The minimum absolute atomic E-state index is 0.130. The van der Waals surface area contributed by atoms with Gasteiger partial charge < -0.3 is 19.7 Å². The molecule has 0 spiro atoms. The summed E-state index contributed by atoms with van der Waals surface area (Å²) in [5, 5.41) is 18.2. The second-order valence-electron chi connectivity index (χ2n) is 2.54. The number of ether oxygens (including phenoxy) is 2. The van der Waals surface area contributed by atoms with E-state index in [1.807, 2.05) is 0 Å². The van der Waals surface area contributed by atoms with Gasteiger partial charge in [-0.1, -0.05) is 0 Å². The van der Waals surface area contributed by atoms with Gasteiger partial charge in [0.1, 0.15) is 12.2 Å². The molecule has 0 saturated carbocycles. The molecular weight excluding hydrogens is 136 g/mol. The molecule has 1 aliphatic heterocycles. The molecule has 1 saturated heterocycles. The van der Waals surface area contributed by atoms with E-state index in [0.29, 0.717) is 0 Å². The van der Waals surface area contributed by atoms with Gasteiger partial charge in [-0.2, -0.15) is 0 Å². The molecular formula is C6H12O4. The summed E-state index contributed by atoms with van der Waals surface area (Å²) in [5.41, 5.74) is 0. The fourth-order valence-corrected chi connectivity index (χ4v) is 0.957. The third kappa shape index (κ3) is 1.03. The molecule has 0 radical (unpaired) electrons. The highest BCUT2D eigenvalue weighted by Crippen LogP contribution is 2.26. The molecule has 3 atom stereocenters. The largest absolute Gasteiger partial charge is 0.388 e. The molecule has 4 heteroatoms. The van der Waals surface area contributed by atoms with Crippen LogP contribution in [0.1, 0.15) is 6.92 Å². The molecule has 0 aromatic heterocycles.